The highest BCUT2D eigenvalue weighted by Gasteiger charge is 2.24. The number of nitrogens with one attached hydrogen (secondary N) is 1. The Hall–Kier alpha value is -1.96. The number of rotatable bonds is 2. The number of hydrogen-bond acceptors (Lipinski definition) is 2. The molecule has 2 aromatic carbocycles. The molecule has 0 bridgehead atoms. The van der Waals surface area contributed by atoms with E-state index in [0.29, 0.717) is 11.8 Å². The highest BCUT2D eigenvalue weighted by molar-refractivity contribution is 5.56. The van der Waals surface area contributed by atoms with Crippen molar-refractivity contribution < 1.29 is 5.11 Å². The Balaban J connectivity index is 1.91. The zero-order valence-corrected chi connectivity index (χ0v) is 11.4. The molecule has 2 heteroatoms. The summed E-state index contributed by atoms with van der Waals surface area (Å²) in [5.41, 5.74) is 6.06. The molecule has 2 nitrogen and oxygen atoms in total. The average Bonchev–Trinajstić information content (AvgIpc) is 2.79. The second-order valence-corrected chi connectivity index (χ2v) is 5.40. The van der Waals surface area contributed by atoms with Crippen molar-refractivity contribution in [2.45, 2.75) is 32.7 Å². The van der Waals surface area contributed by atoms with Gasteiger partial charge in [0.1, 0.15) is 5.75 Å². The molecule has 98 valence electrons. The fourth-order valence-corrected chi connectivity index (χ4v) is 2.86. The van der Waals surface area contributed by atoms with Crippen molar-refractivity contribution in [2.24, 2.45) is 0 Å². The van der Waals surface area contributed by atoms with E-state index < -0.39 is 0 Å². The van der Waals surface area contributed by atoms with Gasteiger partial charge in [0, 0.05) is 5.69 Å². The molecule has 1 aliphatic carbocycles. The van der Waals surface area contributed by atoms with Crippen molar-refractivity contribution in [3.8, 4) is 5.75 Å². The van der Waals surface area contributed by atoms with Gasteiger partial charge in [0.05, 0.1) is 6.04 Å². The van der Waals surface area contributed by atoms with E-state index in [2.05, 4.69) is 43.4 Å². The number of phenolic OH excluding ortho intramolecular Hbond substituents is 1. The van der Waals surface area contributed by atoms with Crippen LogP contribution in [0, 0.1) is 13.8 Å². The average molecular weight is 253 g/mol. The van der Waals surface area contributed by atoms with Crippen LogP contribution in [0.1, 0.15) is 34.7 Å². The van der Waals surface area contributed by atoms with Crippen LogP contribution in [0.15, 0.2) is 36.4 Å². The Morgan fingerprint density at radius 2 is 2.00 bits per heavy atom. The molecule has 2 aromatic rings. The Kier molecular flexibility index (Phi) is 2.94. The highest BCUT2D eigenvalue weighted by atomic mass is 16.3. The van der Waals surface area contributed by atoms with Crippen molar-refractivity contribution >= 4 is 5.69 Å². The molecule has 3 rings (SSSR count). The van der Waals surface area contributed by atoms with Gasteiger partial charge in [-0.05, 0) is 61.1 Å². The van der Waals surface area contributed by atoms with Crippen LogP contribution in [-0.2, 0) is 6.42 Å². The van der Waals surface area contributed by atoms with E-state index in [-0.39, 0.29) is 0 Å². The fourth-order valence-electron chi connectivity index (χ4n) is 2.86. The van der Waals surface area contributed by atoms with Crippen LogP contribution in [0.2, 0.25) is 0 Å². The van der Waals surface area contributed by atoms with Gasteiger partial charge in [-0.3, -0.25) is 0 Å². The molecule has 0 fully saturated rings. The maximum atomic E-state index is 9.89. The predicted octanol–water partition coefficient (Wildman–Crippen LogP) is 4.11. The molecule has 19 heavy (non-hydrogen) atoms. The molecule has 0 radical (unpaired) electrons. The Morgan fingerprint density at radius 1 is 1.16 bits per heavy atom. The molecule has 1 unspecified atom stereocenters. The normalized spacial score (nSPS) is 17.3. The third-order valence-electron chi connectivity index (χ3n) is 3.97. The largest absolute Gasteiger partial charge is 0.508 e. The quantitative estimate of drug-likeness (QED) is 0.844. The molecular weight excluding hydrogens is 234 g/mol. The van der Waals surface area contributed by atoms with E-state index in [1.54, 1.807) is 6.07 Å². The minimum atomic E-state index is 0.308. The van der Waals surface area contributed by atoms with Crippen molar-refractivity contribution in [2.75, 3.05) is 5.32 Å². The standard InChI is InChI=1S/C17H19NO/c1-11-6-7-12(2)16(10-11)18-15-9-8-14-13(15)4-3-5-17(14)19/h3-7,10,15,18-19H,8-9H2,1-2H3. The minimum Gasteiger partial charge on any atom is -0.508 e. The lowest BCUT2D eigenvalue weighted by atomic mass is 10.1. The number of hydrogen-bond donors (Lipinski definition) is 2. The van der Waals surface area contributed by atoms with Gasteiger partial charge in [0.25, 0.3) is 0 Å². The van der Waals surface area contributed by atoms with E-state index in [4.69, 9.17) is 0 Å². The number of fused-ring (bicyclic) bond motifs is 1. The van der Waals surface area contributed by atoms with Gasteiger partial charge in [0.15, 0.2) is 0 Å². The zero-order chi connectivity index (χ0) is 13.4. The van der Waals surface area contributed by atoms with Gasteiger partial charge in [-0.25, -0.2) is 0 Å². The van der Waals surface area contributed by atoms with Gasteiger partial charge < -0.3 is 10.4 Å². The zero-order valence-electron chi connectivity index (χ0n) is 11.4. The highest BCUT2D eigenvalue weighted by Crippen LogP contribution is 2.38. The van der Waals surface area contributed by atoms with E-state index in [0.717, 1.165) is 18.4 Å². The van der Waals surface area contributed by atoms with Crippen LogP contribution in [0.25, 0.3) is 0 Å². The third-order valence-corrected chi connectivity index (χ3v) is 3.97. The predicted molar refractivity (Wildman–Crippen MR) is 78.7 cm³/mol. The summed E-state index contributed by atoms with van der Waals surface area (Å²) >= 11 is 0. The first-order chi connectivity index (χ1) is 9.15. The number of anilines is 1. The summed E-state index contributed by atoms with van der Waals surface area (Å²) in [6, 6.07) is 12.6. The summed E-state index contributed by atoms with van der Waals surface area (Å²) in [7, 11) is 0. The first-order valence-electron chi connectivity index (χ1n) is 6.79. The van der Waals surface area contributed by atoms with Crippen LogP contribution >= 0.6 is 0 Å². The summed E-state index contributed by atoms with van der Waals surface area (Å²) in [4.78, 5) is 0. The lowest BCUT2D eigenvalue weighted by Gasteiger charge is -2.18. The Bertz CT molecular complexity index is 619. The number of benzene rings is 2. The van der Waals surface area contributed by atoms with Gasteiger partial charge in [-0.2, -0.15) is 0 Å². The molecule has 0 aromatic heterocycles. The van der Waals surface area contributed by atoms with E-state index in [1.807, 2.05) is 6.07 Å². The Morgan fingerprint density at radius 3 is 2.84 bits per heavy atom. The molecule has 0 spiro atoms. The van der Waals surface area contributed by atoms with Gasteiger partial charge in [-0.1, -0.05) is 24.3 Å². The molecule has 0 amide bonds. The summed E-state index contributed by atoms with van der Waals surface area (Å²) in [5, 5.41) is 13.5. The molecule has 1 atom stereocenters. The maximum Gasteiger partial charge on any atom is 0.119 e. The van der Waals surface area contributed by atoms with Crippen LogP contribution in [0.4, 0.5) is 5.69 Å². The van der Waals surface area contributed by atoms with Gasteiger partial charge in [-0.15, -0.1) is 0 Å². The number of phenols is 1. The Labute approximate surface area is 114 Å². The van der Waals surface area contributed by atoms with Gasteiger partial charge >= 0.3 is 0 Å². The minimum absolute atomic E-state index is 0.308. The first kappa shape index (κ1) is 12.1. The van der Waals surface area contributed by atoms with Crippen molar-refractivity contribution in [1.82, 2.24) is 0 Å². The van der Waals surface area contributed by atoms with Gasteiger partial charge in [0.2, 0.25) is 0 Å². The smallest absolute Gasteiger partial charge is 0.119 e. The fraction of sp³-hybridized carbons (Fsp3) is 0.294. The van der Waals surface area contributed by atoms with E-state index >= 15 is 0 Å². The topological polar surface area (TPSA) is 32.3 Å². The molecule has 0 saturated carbocycles. The SMILES string of the molecule is Cc1ccc(C)c(NC2CCc3c(O)cccc32)c1. The van der Waals surface area contributed by atoms with E-state index in [9.17, 15) is 5.11 Å². The molecular formula is C17H19NO. The molecule has 0 saturated heterocycles. The summed E-state index contributed by atoms with van der Waals surface area (Å²) in [6.45, 7) is 4.24. The number of aryl methyl sites for hydroxylation is 2. The lowest BCUT2D eigenvalue weighted by molar-refractivity contribution is 0.469. The van der Waals surface area contributed by atoms with Crippen LogP contribution in [0.5, 0.6) is 5.75 Å². The molecule has 0 heterocycles. The lowest BCUT2D eigenvalue weighted by Crippen LogP contribution is -2.08. The van der Waals surface area contributed by atoms with Crippen LogP contribution in [-0.4, -0.2) is 5.11 Å². The monoisotopic (exact) mass is 253 g/mol. The van der Waals surface area contributed by atoms with Crippen molar-refractivity contribution in [3.63, 3.8) is 0 Å². The third kappa shape index (κ3) is 2.19. The summed E-state index contributed by atoms with van der Waals surface area (Å²) < 4.78 is 0. The maximum absolute atomic E-state index is 9.89. The molecule has 2 N–H and O–H groups in total. The second kappa shape index (κ2) is 4.61. The second-order valence-electron chi connectivity index (χ2n) is 5.40. The molecule has 0 aliphatic heterocycles. The summed E-state index contributed by atoms with van der Waals surface area (Å²) in [6.07, 6.45) is 1.99. The first-order valence-corrected chi connectivity index (χ1v) is 6.79. The summed E-state index contributed by atoms with van der Waals surface area (Å²) in [5.74, 6) is 0.433. The van der Waals surface area contributed by atoms with Crippen LogP contribution in [0.3, 0.4) is 0 Å². The van der Waals surface area contributed by atoms with E-state index in [1.165, 1.54) is 22.4 Å². The van der Waals surface area contributed by atoms with Crippen LogP contribution < -0.4 is 5.32 Å². The molecule has 1 aliphatic rings. The van der Waals surface area contributed by atoms with Crippen molar-refractivity contribution in [1.29, 1.82) is 0 Å². The van der Waals surface area contributed by atoms with Crippen molar-refractivity contribution in [3.05, 3.63) is 58.7 Å². The number of aromatic hydroxyl groups is 1.